The second-order valence-electron chi connectivity index (χ2n) is 5.51. The predicted molar refractivity (Wildman–Crippen MR) is 106 cm³/mol. The largest absolute Gasteiger partial charge is 0.326 e. The van der Waals surface area contributed by atoms with Gasteiger partial charge in [-0.15, -0.1) is 36.2 Å². The van der Waals surface area contributed by atoms with E-state index in [1.807, 2.05) is 12.1 Å². The third-order valence-corrected chi connectivity index (χ3v) is 4.80. The maximum Gasteiger partial charge on any atom is 0.221 e. The number of halogens is 2. The number of thiophene rings is 1. The molecule has 1 amide bonds. The van der Waals surface area contributed by atoms with E-state index in [1.54, 1.807) is 11.3 Å². The van der Waals surface area contributed by atoms with E-state index < -0.39 is 0 Å². The Morgan fingerprint density at radius 3 is 2.38 bits per heavy atom. The number of carbonyl (C=O) groups is 1. The Bertz CT molecular complexity index is 613. The molecule has 0 radical (unpaired) electrons. The summed E-state index contributed by atoms with van der Waals surface area (Å²) in [6, 6.07) is 12.8. The number of carbonyl (C=O) groups excluding carboxylic acids is 1. The molecular formula is C17H23Cl2N3OS. The lowest BCUT2D eigenvalue weighted by atomic mass is 10.0. The summed E-state index contributed by atoms with van der Waals surface area (Å²) in [5.74, 6) is -0.0374. The summed E-state index contributed by atoms with van der Waals surface area (Å²) in [6.07, 6.45) is 0. The van der Waals surface area contributed by atoms with Crippen LogP contribution in [0.2, 0.25) is 0 Å². The summed E-state index contributed by atoms with van der Waals surface area (Å²) in [7, 11) is 0. The topological polar surface area (TPSA) is 44.4 Å². The van der Waals surface area contributed by atoms with E-state index in [0.717, 1.165) is 31.9 Å². The number of nitrogens with one attached hydrogen (secondary N) is 2. The fourth-order valence-corrected chi connectivity index (χ4v) is 3.78. The van der Waals surface area contributed by atoms with Gasteiger partial charge in [0, 0.05) is 43.7 Å². The average Bonchev–Trinajstić information content (AvgIpc) is 3.04. The Morgan fingerprint density at radius 1 is 1.17 bits per heavy atom. The van der Waals surface area contributed by atoms with Gasteiger partial charge in [0.1, 0.15) is 0 Å². The SMILES string of the molecule is CC(=O)Nc1ccc([C@@H](c2cccs2)N2CCNCC2)cc1.Cl.Cl. The van der Waals surface area contributed by atoms with E-state index in [1.165, 1.54) is 17.4 Å². The second kappa shape index (κ2) is 10.0. The van der Waals surface area contributed by atoms with Gasteiger partial charge in [-0.1, -0.05) is 18.2 Å². The van der Waals surface area contributed by atoms with Crippen molar-refractivity contribution in [1.29, 1.82) is 0 Å². The van der Waals surface area contributed by atoms with Crippen LogP contribution in [0, 0.1) is 0 Å². The van der Waals surface area contributed by atoms with Crippen LogP contribution in [0.3, 0.4) is 0 Å². The van der Waals surface area contributed by atoms with Gasteiger partial charge in [0.15, 0.2) is 0 Å². The van der Waals surface area contributed by atoms with Crippen molar-refractivity contribution in [3.63, 3.8) is 0 Å². The zero-order chi connectivity index (χ0) is 15.4. The lowest BCUT2D eigenvalue weighted by Gasteiger charge is -2.34. The number of piperazine rings is 1. The quantitative estimate of drug-likeness (QED) is 0.842. The number of rotatable bonds is 4. The Kier molecular flexibility index (Phi) is 8.73. The van der Waals surface area contributed by atoms with Gasteiger partial charge in [-0.25, -0.2) is 0 Å². The molecule has 132 valence electrons. The van der Waals surface area contributed by atoms with Gasteiger partial charge >= 0.3 is 0 Å². The molecule has 0 saturated carbocycles. The minimum absolute atomic E-state index is 0. The molecule has 1 aliphatic rings. The number of hydrogen-bond donors (Lipinski definition) is 2. The molecule has 1 aromatic carbocycles. The molecule has 1 aliphatic heterocycles. The monoisotopic (exact) mass is 387 g/mol. The number of benzene rings is 1. The summed E-state index contributed by atoms with van der Waals surface area (Å²) >= 11 is 1.80. The highest BCUT2D eigenvalue weighted by molar-refractivity contribution is 7.10. The fraction of sp³-hybridized carbons (Fsp3) is 0.353. The first kappa shape index (κ1) is 20.9. The summed E-state index contributed by atoms with van der Waals surface area (Å²) in [6.45, 7) is 5.70. The maximum atomic E-state index is 11.1. The van der Waals surface area contributed by atoms with E-state index in [9.17, 15) is 4.79 Å². The number of amides is 1. The zero-order valence-corrected chi connectivity index (χ0v) is 16.0. The van der Waals surface area contributed by atoms with Crippen molar-refractivity contribution >= 4 is 47.7 Å². The minimum atomic E-state index is -0.0374. The number of hydrogen-bond acceptors (Lipinski definition) is 4. The van der Waals surface area contributed by atoms with Gasteiger partial charge in [0.05, 0.1) is 6.04 Å². The molecule has 7 heteroatoms. The third-order valence-electron chi connectivity index (χ3n) is 3.88. The molecule has 1 fully saturated rings. The van der Waals surface area contributed by atoms with Crippen molar-refractivity contribution in [2.45, 2.75) is 13.0 Å². The molecule has 2 N–H and O–H groups in total. The first-order valence-corrected chi connectivity index (χ1v) is 8.48. The van der Waals surface area contributed by atoms with Crippen LogP contribution in [0.15, 0.2) is 41.8 Å². The van der Waals surface area contributed by atoms with Gasteiger partial charge in [0.2, 0.25) is 5.91 Å². The van der Waals surface area contributed by atoms with Crippen LogP contribution in [-0.2, 0) is 4.79 Å². The number of anilines is 1. The van der Waals surface area contributed by atoms with Crippen LogP contribution in [0.1, 0.15) is 23.4 Å². The van der Waals surface area contributed by atoms with Crippen LogP contribution in [0.4, 0.5) is 5.69 Å². The van der Waals surface area contributed by atoms with Crippen molar-refractivity contribution in [2.75, 3.05) is 31.5 Å². The highest BCUT2D eigenvalue weighted by Crippen LogP contribution is 2.32. The lowest BCUT2D eigenvalue weighted by molar-refractivity contribution is -0.114. The molecule has 0 aliphatic carbocycles. The highest BCUT2D eigenvalue weighted by atomic mass is 35.5. The van der Waals surface area contributed by atoms with E-state index >= 15 is 0 Å². The molecule has 4 nitrogen and oxygen atoms in total. The third kappa shape index (κ3) is 5.19. The summed E-state index contributed by atoms with van der Waals surface area (Å²) in [5, 5.41) is 8.37. The lowest BCUT2D eigenvalue weighted by Crippen LogP contribution is -2.45. The van der Waals surface area contributed by atoms with Crippen molar-refractivity contribution < 1.29 is 4.79 Å². The molecule has 1 saturated heterocycles. The molecule has 2 heterocycles. The van der Waals surface area contributed by atoms with Crippen LogP contribution in [0.5, 0.6) is 0 Å². The molecule has 0 spiro atoms. The van der Waals surface area contributed by atoms with Crippen molar-refractivity contribution in [3.05, 3.63) is 52.2 Å². The molecule has 1 aromatic heterocycles. The van der Waals surface area contributed by atoms with E-state index in [0.29, 0.717) is 6.04 Å². The number of nitrogens with zero attached hydrogens (tertiary/aromatic N) is 1. The first-order valence-electron chi connectivity index (χ1n) is 7.60. The van der Waals surface area contributed by atoms with Crippen LogP contribution < -0.4 is 10.6 Å². The maximum absolute atomic E-state index is 11.1. The van der Waals surface area contributed by atoms with Gasteiger partial charge < -0.3 is 10.6 Å². The molecule has 2 aromatic rings. The van der Waals surface area contributed by atoms with Gasteiger partial charge in [-0.3, -0.25) is 9.69 Å². The van der Waals surface area contributed by atoms with Gasteiger partial charge in [-0.05, 0) is 29.1 Å². The van der Waals surface area contributed by atoms with Gasteiger partial charge in [0.25, 0.3) is 0 Å². The second-order valence-corrected chi connectivity index (χ2v) is 6.49. The Morgan fingerprint density at radius 2 is 1.83 bits per heavy atom. The normalized spacial score (nSPS) is 15.7. The highest BCUT2D eigenvalue weighted by Gasteiger charge is 2.24. The molecule has 0 unspecified atom stereocenters. The van der Waals surface area contributed by atoms with E-state index in [-0.39, 0.29) is 30.7 Å². The Labute approximate surface area is 159 Å². The summed E-state index contributed by atoms with van der Waals surface area (Å²) in [5.41, 5.74) is 2.12. The molecular weight excluding hydrogens is 365 g/mol. The Hall–Kier alpha value is -1.11. The smallest absolute Gasteiger partial charge is 0.221 e. The van der Waals surface area contributed by atoms with Crippen molar-refractivity contribution in [3.8, 4) is 0 Å². The molecule has 3 rings (SSSR count). The molecule has 24 heavy (non-hydrogen) atoms. The van der Waals surface area contributed by atoms with Gasteiger partial charge in [-0.2, -0.15) is 0 Å². The van der Waals surface area contributed by atoms with Crippen LogP contribution in [-0.4, -0.2) is 37.0 Å². The fourth-order valence-electron chi connectivity index (χ4n) is 2.89. The minimum Gasteiger partial charge on any atom is -0.326 e. The molecule has 0 bridgehead atoms. The van der Waals surface area contributed by atoms with Crippen LogP contribution in [0.25, 0.3) is 0 Å². The Balaban J connectivity index is 0.00000144. The summed E-state index contributed by atoms with van der Waals surface area (Å²) in [4.78, 5) is 15.0. The summed E-state index contributed by atoms with van der Waals surface area (Å²) < 4.78 is 0. The predicted octanol–water partition coefficient (Wildman–Crippen LogP) is 3.54. The van der Waals surface area contributed by atoms with Crippen molar-refractivity contribution in [2.24, 2.45) is 0 Å². The molecule has 1 atom stereocenters. The van der Waals surface area contributed by atoms with Crippen LogP contribution >= 0.6 is 36.2 Å². The van der Waals surface area contributed by atoms with E-state index in [2.05, 4.69) is 45.2 Å². The van der Waals surface area contributed by atoms with Crippen molar-refractivity contribution in [1.82, 2.24) is 10.2 Å². The van der Waals surface area contributed by atoms with E-state index in [4.69, 9.17) is 0 Å². The standard InChI is InChI=1S/C17H21N3OS.2ClH/c1-13(21)19-15-6-4-14(5-7-15)17(16-3-2-12-22-16)20-10-8-18-9-11-20;;/h2-7,12,17-18H,8-11H2,1H3,(H,19,21);2*1H/t17-;;/m0../s1. The zero-order valence-electron chi connectivity index (χ0n) is 13.5. The average molecular weight is 388 g/mol. The first-order chi connectivity index (χ1) is 10.7.